The molecule has 0 amide bonds. The van der Waals surface area contributed by atoms with Gasteiger partial charge < -0.3 is 19.5 Å². The molecule has 0 radical (unpaired) electrons. The Kier molecular flexibility index (Phi) is 4.44. The summed E-state index contributed by atoms with van der Waals surface area (Å²) in [4.78, 5) is 0. The minimum absolute atomic E-state index is 0.0497. The van der Waals surface area contributed by atoms with Crippen LogP contribution in [-0.4, -0.2) is 33.4 Å². The zero-order valence-corrected chi connectivity index (χ0v) is 11.2. The molecular formula is C14H21NO3. The minimum atomic E-state index is 0.0497. The van der Waals surface area contributed by atoms with Gasteiger partial charge in [-0.3, -0.25) is 0 Å². The Hall–Kier alpha value is -1.26. The largest absolute Gasteiger partial charge is 0.497 e. The van der Waals surface area contributed by atoms with E-state index in [2.05, 4.69) is 12.2 Å². The topological polar surface area (TPSA) is 39.7 Å². The molecule has 0 bridgehead atoms. The number of morpholine rings is 1. The number of nitrogens with one attached hydrogen (secondary N) is 1. The standard InChI is InChI=1S/C14H21NO3/c1-4-10-9-18-14(8-15-10)12-6-5-11(16-2)7-13(12)17-3/h5-7,10,14-15H,4,8-9H2,1-3H3. The van der Waals surface area contributed by atoms with Crippen LogP contribution in [0.5, 0.6) is 11.5 Å². The van der Waals surface area contributed by atoms with E-state index in [4.69, 9.17) is 14.2 Å². The maximum absolute atomic E-state index is 5.90. The number of methoxy groups -OCH3 is 2. The third-order valence-electron chi connectivity index (χ3n) is 3.37. The molecular weight excluding hydrogens is 230 g/mol. The van der Waals surface area contributed by atoms with Crippen LogP contribution in [0.3, 0.4) is 0 Å². The molecule has 100 valence electrons. The van der Waals surface area contributed by atoms with Crippen molar-refractivity contribution in [3.8, 4) is 11.5 Å². The van der Waals surface area contributed by atoms with Crippen LogP contribution in [0.15, 0.2) is 18.2 Å². The molecule has 18 heavy (non-hydrogen) atoms. The number of benzene rings is 1. The molecule has 0 aromatic heterocycles. The predicted molar refractivity (Wildman–Crippen MR) is 70.3 cm³/mol. The summed E-state index contributed by atoms with van der Waals surface area (Å²) in [6.45, 7) is 3.73. The van der Waals surface area contributed by atoms with Crippen molar-refractivity contribution < 1.29 is 14.2 Å². The Balaban J connectivity index is 2.13. The molecule has 0 saturated carbocycles. The molecule has 1 aromatic carbocycles. The smallest absolute Gasteiger partial charge is 0.128 e. The van der Waals surface area contributed by atoms with E-state index in [1.165, 1.54) is 0 Å². The molecule has 0 spiro atoms. The van der Waals surface area contributed by atoms with Crippen molar-refractivity contribution in [1.82, 2.24) is 5.32 Å². The van der Waals surface area contributed by atoms with Crippen LogP contribution >= 0.6 is 0 Å². The highest BCUT2D eigenvalue weighted by Crippen LogP contribution is 2.32. The van der Waals surface area contributed by atoms with E-state index >= 15 is 0 Å². The van der Waals surface area contributed by atoms with Gasteiger partial charge in [0.15, 0.2) is 0 Å². The van der Waals surface area contributed by atoms with Gasteiger partial charge in [0.05, 0.1) is 26.9 Å². The Bertz CT molecular complexity index is 387. The van der Waals surface area contributed by atoms with Crippen molar-refractivity contribution in [2.24, 2.45) is 0 Å². The Morgan fingerprint density at radius 3 is 2.72 bits per heavy atom. The second kappa shape index (κ2) is 6.07. The van der Waals surface area contributed by atoms with Crippen LogP contribution in [0, 0.1) is 0 Å². The summed E-state index contributed by atoms with van der Waals surface area (Å²) in [7, 11) is 3.32. The number of hydrogen-bond donors (Lipinski definition) is 1. The van der Waals surface area contributed by atoms with Crippen LogP contribution in [0.1, 0.15) is 25.0 Å². The van der Waals surface area contributed by atoms with Gasteiger partial charge in [0.25, 0.3) is 0 Å². The second-order valence-electron chi connectivity index (χ2n) is 4.44. The first kappa shape index (κ1) is 13.2. The first-order valence-corrected chi connectivity index (χ1v) is 6.35. The van der Waals surface area contributed by atoms with Gasteiger partial charge in [0, 0.05) is 24.2 Å². The monoisotopic (exact) mass is 251 g/mol. The van der Waals surface area contributed by atoms with E-state index < -0.39 is 0 Å². The molecule has 1 aliphatic rings. The van der Waals surface area contributed by atoms with E-state index in [-0.39, 0.29) is 6.10 Å². The normalized spacial score (nSPS) is 23.7. The third-order valence-corrected chi connectivity index (χ3v) is 3.37. The summed E-state index contributed by atoms with van der Waals surface area (Å²) < 4.78 is 16.5. The summed E-state index contributed by atoms with van der Waals surface area (Å²) >= 11 is 0. The van der Waals surface area contributed by atoms with Gasteiger partial charge in [-0.15, -0.1) is 0 Å². The fourth-order valence-corrected chi connectivity index (χ4v) is 2.17. The molecule has 2 atom stereocenters. The Morgan fingerprint density at radius 1 is 1.33 bits per heavy atom. The first-order chi connectivity index (χ1) is 8.78. The van der Waals surface area contributed by atoms with Crippen LogP contribution in [-0.2, 0) is 4.74 Å². The van der Waals surface area contributed by atoms with E-state index in [9.17, 15) is 0 Å². The van der Waals surface area contributed by atoms with Crippen molar-refractivity contribution in [1.29, 1.82) is 0 Å². The van der Waals surface area contributed by atoms with Crippen molar-refractivity contribution in [3.05, 3.63) is 23.8 Å². The minimum Gasteiger partial charge on any atom is -0.497 e. The number of rotatable bonds is 4. The highest BCUT2D eigenvalue weighted by Gasteiger charge is 2.23. The van der Waals surface area contributed by atoms with Gasteiger partial charge >= 0.3 is 0 Å². The quantitative estimate of drug-likeness (QED) is 0.890. The SMILES string of the molecule is CCC1COC(c2ccc(OC)cc2OC)CN1. The van der Waals surface area contributed by atoms with E-state index in [1.54, 1.807) is 14.2 Å². The lowest BCUT2D eigenvalue weighted by Crippen LogP contribution is -2.42. The van der Waals surface area contributed by atoms with E-state index in [1.807, 2.05) is 18.2 Å². The molecule has 4 heteroatoms. The predicted octanol–water partition coefficient (Wildman–Crippen LogP) is 2.14. The molecule has 2 rings (SSSR count). The van der Waals surface area contributed by atoms with Crippen LogP contribution in [0.4, 0.5) is 0 Å². The summed E-state index contributed by atoms with van der Waals surface area (Å²) in [5.74, 6) is 1.61. The molecule has 4 nitrogen and oxygen atoms in total. The number of ether oxygens (including phenoxy) is 3. The lowest BCUT2D eigenvalue weighted by Gasteiger charge is -2.30. The first-order valence-electron chi connectivity index (χ1n) is 6.35. The van der Waals surface area contributed by atoms with Crippen molar-refractivity contribution in [2.75, 3.05) is 27.4 Å². The fourth-order valence-electron chi connectivity index (χ4n) is 2.17. The second-order valence-corrected chi connectivity index (χ2v) is 4.44. The van der Waals surface area contributed by atoms with E-state index in [0.717, 1.165) is 36.6 Å². The molecule has 2 unspecified atom stereocenters. The lowest BCUT2D eigenvalue weighted by molar-refractivity contribution is 0.00103. The summed E-state index contributed by atoms with van der Waals surface area (Å²) in [6, 6.07) is 6.30. The molecule has 1 aromatic rings. The Labute approximate surface area is 108 Å². The highest BCUT2D eigenvalue weighted by molar-refractivity contribution is 5.42. The van der Waals surface area contributed by atoms with Gasteiger partial charge in [0.1, 0.15) is 11.5 Å². The maximum atomic E-state index is 5.90. The number of hydrogen-bond acceptors (Lipinski definition) is 4. The summed E-state index contributed by atoms with van der Waals surface area (Å²) in [5, 5.41) is 3.49. The molecule has 1 aliphatic heterocycles. The highest BCUT2D eigenvalue weighted by atomic mass is 16.5. The van der Waals surface area contributed by atoms with Crippen LogP contribution in [0.2, 0.25) is 0 Å². The molecule has 1 saturated heterocycles. The lowest BCUT2D eigenvalue weighted by atomic mass is 10.1. The Morgan fingerprint density at radius 2 is 2.17 bits per heavy atom. The van der Waals surface area contributed by atoms with Crippen molar-refractivity contribution in [3.63, 3.8) is 0 Å². The van der Waals surface area contributed by atoms with Crippen molar-refractivity contribution in [2.45, 2.75) is 25.5 Å². The van der Waals surface area contributed by atoms with Crippen molar-refractivity contribution >= 4 is 0 Å². The van der Waals surface area contributed by atoms with Crippen LogP contribution in [0.25, 0.3) is 0 Å². The molecule has 1 heterocycles. The van der Waals surface area contributed by atoms with Gasteiger partial charge in [-0.2, -0.15) is 0 Å². The van der Waals surface area contributed by atoms with Gasteiger partial charge in [-0.05, 0) is 18.6 Å². The molecule has 1 fully saturated rings. The molecule has 1 N–H and O–H groups in total. The van der Waals surface area contributed by atoms with Crippen LogP contribution < -0.4 is 14.8 Å². The summed E-state index contributed by atoms with van der Waals surface area (Å²) in [6.07, 6.45) is 1.14. The zero-order chi connectivity index (χ0) is 13.0. The third kappa shape index (κ3) is 2.76. The summed E-state index contributed by atoms with van der Waals surface area (Å²) in [5.41, 5.74) is 1.07. The fraction of sp³-hybridized carbons (Fsp3) is 0.571. The van der Waals surface area contributed by atoms with Gasteiger partial charge in [-0.25, -0.2) is 0 Å². The van der Waals surface area contributed by atoms with Gasteiger partial charge in [-0.1, -0.05) is 6.92 Å². The average molecular weight is 251 g/mol. The van der Waals surface area contributed by atoms with E-state index in [0.29, 0.717) is 6.04 Å². The average Bonchev–Trinajstić information content (AvgIpc) is 2.46. The molecule has 0 aliphatic carbocycles. The maximum Gasteiger partial charge on any atom is 0.128 e. The zero-order valence-electron chi connectivity index (χ0n) is 11.2. The van der Waals surface area contributed by atoms with Gasteiger partial charge in [0.2, 0.25) is 0 Å².